The van der Waals surface area contributed by atoms with Crippen LogP contribution in [-0.2, 0) is 4.74 Å². The Balaban J connectivity index is 2.80. The van der Waals surface area contributed by atoms with E-state index in [0.717, 1.165) is 12.8 Å². The Bertz CT molecular complexity index is 221. The molecule has 0 saturated carbocycles. The van der Waals surface area contributed by atoms with E-state index in [1.54, 1.807) is 7.11 Å². The average molecular weight is 166 g/mol. The van der Waals surface area contributed by atoms with Gasteiger partial charge in [0.05, 0.1) is 12.9 Å². The Morgan fingerprint density at radius 3 is 2.58 bits per heavy atom. The molecule has 68 valence electrons. The van der Waals surface area contributed by atoms with E-state index in [0.29, 0.717) is 5.92 Å². The van der Waals surface area contributed by atoms with Gasteiger partial charge in [-0.2, -0.15) is 0 Å². The SMILES string of the molecule is COC1=C(C(C)C)CC=C(C)C1. The molecule has 0 aliphatic heterocycles. The van der Waals surface area contributed by atoms with Gasteiger partial charge in [0.2, 0.25) is 0 Å². The van der Waals surface area contributed by atoms with E-state index in [2.05, 4.69) is 26.8 Å². The van der Waals surface area contributed by atoms with E-state index in [-0.39, 0.29) is 0 Å². The van der Waals surface area contributed by atoms with Crippen molar-refractivity contribution in [3.63, 3.8) is 0 Å². The summed E-state index contributed by atoms with van der Waals surface area (Å²) in [5.41, 5.74) is 2.89. The molecular formula is C11H18O. The lowest BCUT2D eigenvalue weighted by Gasteiger charge is -2.20. The molecule has 0 unspecified atom stereocenters. The third-order valence-electron chi connectivity index (χ3n) is 2.41. The lowest BCUT2D eigenvalue weighted by molar-refractivity contribution is 0.271. The van der Waals surface area contributed by atoms with Crippen molar-refractivity contribution in [1.82, 2.24) is 0 Å². The first-order valence-corrected chi connectivity index (χ1v) is 4.56. The highest BCUT2D eigenvalue weighted by atomic mass is 16.5. The second-order valence-electron chi connectivity index (χ2n) is 3.74. The Kier molecular flexibility index (Phi) is 2.96. The summed E-state index contributed by atoms with van der Waals surface area (Å²) in [6.07, 6.45) is 4.38. The number of hydrogen-bond acceptors (Lipinski definition) is 1. The first kappa shape index (κ1) is 9.37. The minimum absolute atomic E-state index is 0.615. The van der Waals surface area contributed by atoms with Crippen LogP contribution in [0, 0.1) is 5.92 Å². The van der Waals surface area contributed by atoms with Crippen molar-refractivity contribution in [2.24, 2.45) is 5.92 Å². The monoisotopic (exact) mass is 166 g/mol. The molecule has 0 N–H and O–H groups in total. The highest BCUT2D eigenvalue weighted by molar-refractivity contribution is 5.25. The highest BCUT2D eigenvalue weighted by Crippen LogP contribution is 2.29. The number of rotatable bonds is 2. The van der Waals surface area contributed by atoms with Crippen LogP contribution in [0.5, 0.6) is 0 Å². The minimum atomic E-state index is 0.615. The van der Waals surface area contributed by atoms with Crippen LogP contribution in [-0.4, -0.2) is 7.11 Å². The summed E-state index contributed by atoms with van der Waals surface area (Å²) in [5, 5.41) is 0. The third kappa shape index (κ3) is 1.90. The average Bonchev–Trinajstić information content (AvgIpc) is 2.03. The standard InChI is InChI=1S/C11H18O/c1-8(2)10-6-5-9(3)7-11(10)12-4/h5,8H,6-7H2,1-4H3. The van der Waals surface area contributed by atoms with Gasteiger partial charge in [-0.05, 0) is 24.8 Å². The molecule has 0 spiro atoms. The summed E-state index contributed by atoms with van der Waals surface area (Å²) >= 11 is 0. The van der Waals surface area contributed by atoms with Gasteiger partial charge in [0.25, 0.3) is 0 Å². The van der Waals surface area contributed by atoms with Gasteiger partial charge in [-0.1, -0.05) is 25.5 Å². The first-order valence-electron chi connectivity index (χ1n) is 4.56. The van der Waals surface area contributed by atoms with Crippen LogP contribution in [0.25, 0.3) is 0 Å². The predicted molar refractivity (Wildman–Crippen MR) is 51.9 cm³/mol. The zero-order chi connectivity index (χ0) is 9.14. The van der Waals surface area contributed by atoms with E-state index in [1.165, 1.54) is 16.9 Å². The zero-order valence-electron chi connectivity index (χ0n) is 8.48. The van der Waals surface area contributed by atoms with Gasteiger partial charge in [0.1, 0.15) is 0 Å². The van der Waals surface area contributed by atoms with Crippen LogP contribution >= 0.6 is 0 Å². The quantitative estimate of drug-likeness (QED) is 0.572. The summed E-state index contributed by atoms with van der Waals surface area (Å²) in [4.78, 5) is 0. The van der Waals surface area contributed by atoms with Crippen LogP contribution in [0.3, 0.4) is 0 Å². The fraction of sp³-hybridized carbons (Fsp3) is 0.636. The van der Waals surface area contributed by atoms with Crippen molar-refractivity contribution < 1.29 is 4.74 Å². The van der Waals surface area contributed by atoms with E-state index in [1.807, 2.05) is 0 Å². The van der Waals surface area contributed by atoms with Gasteiger partial charge in [0, 0.05) is 6.42 Å². The normalized spacial score (nSPS) is 18.2. The van der Waals surface area contributed by atoms with Crippen molar-refractivity contribution in [2.75, 3.05) is 7.11 Å². The van der Waals surface area contributed by atoms with E-state index >= 15 is 0 Å². The molecule has 0 aromatic heterocycles. The van der Waals surface area contributed by atoms with Gasteiger partial charge in [-0.15, -0.1) is 0 Å². The van der Waals surface area contributed by atoms with Crippen LogP contribution in [0.15, 0.2) is 23.0 Å². The second-order valence-corrected chi connectivity index (χ2v) is 3.74. The Morgan fingerprint density at radius 2 is 2.08 bits per heavy atom. The van der Waals surface area contributed by atoms with Gasteiger partial charge in [0.15, 0.2) is 0 Å². The number of allylic oxidation sites excluding steroid dienone is 3. The smallest absolute Gasteiger partial charge is 0.0993 e. The summed E-state index contributed by atoms with van der Waals surface area (Å²) in [6, 6.07) is 0. The highest BCUT2D eigenvalue weighted by Gasteiger charge is 2.14. The molecule has 1 aliphatic carbocycles. The fourth-order valence-electron chi connectivity index (χ4n) is 1.60. The van der Waals surface area contributed by atoms with Crippen LogP contribution in [0.2, 0.25) is 0 Å². The van der Waals surface area contributed by atoms with Crippen molar-refractivity contribution in [3.05, 3.63) is 23.0 Å². The minimum Gasteiger partial charge on any atom is -0.501 e. The Morgan fingerprint density at radius 1 is 1.42 bits per heavy atom. The topological polar surface area (TPSA) is 9.23 Å². The maximum Gasteiger partial charge on any atom is 0.0993 e. The summed E-state index contributed by atoms with van der Waals surface area (Å²) in [6.45, 7) is 6.61. The fourth-order valence-corrected chi connectivity index (χ4v) is 1.60. The molecule has 0 saturated heterocycles. The summed E-state index contributed by atoms with van der Waals surface area (Å²) in [5.74, 6) is 1.80. The van der Waals surface area contributed by atoms with Gasteiger partial charge in [-0.25, -0.2) is 0 Å². The van der Waals surface area contributed by atoms with E-state index in [4.69, 9.17) is 4.74 Å². The lowest BCUT2D eigenvalue weighted by Crippen LogP contribution is -2.05. The molecular weight excluding hydrogens is 148 g/mol. The molecule has 1 rings (SSSR count). The molecule has 1 aliphatic rings. The van der Waals surface area contributed by atoms with Gasteiger partial charge < -0.3 is 4.74 Å². The van der Waals surface area contributed by atoms with Crippen molar-refractivity contribution in [3.8, 4) is 0 Å². The van der Waals surface area contributed by atoms with Crippen LogP contribution in [0.4, 0.5) is 0 Å². The van der Waals surface area contributed by atoms with Crippen molar-refractivity contribution in [2.45, 2.75) is 33.6 Å². The molecule has 12 heavy (non-hydrogen) atoms. The zero-order valence-corrected chi connectivity index (χ0v) is 8.48. The number of ether oxygens (including phenoxy) is 1. The predicted octanol–water partition coefficient (Wildman–Crippen LogP) is 3.28. The van der Waals surface area contributed by atoms with E-state index < -0.39 is 0 Å². The molecule has 1 nitrogen and oxygen atoms in total. The third-order valence-corrected chi connectivity index (χ3v) is 2.41. The number of methoxy groups -OCH3 is 1. The van der Waals surface area contributed by atoms with Crippen molar-refractivity contribution >= 4 is 0 Å². The molecule has 0 radical (unpaired) electrons. The molecule has 0 heterocycles. The molecule has 0 aromatic carbocycles. The number of hydrogen-bond donors (Lipinski definition) is 0. The maximum atomic E-state index is 5.37. The molecule has 0 aromatic rings. The molecule has 0 bridgehead atoms. The summed E-state index contributed by atoms with van der Waals surface area (Å²) < 4.78 is 5.37. The van der Waals surface area contributed by atoms with E-state index in [9.17, 15) is 0 Å². The lowest BCUT2D eigenvalue weighted by atomic mass is 9.91. The van der Waals surface area contributed by atoms with Crippen LogP contribution < -0.4 is 0 Å². The largest absolute Gasteiger partial charge is 0.501 e. The second kappa shape index (κ2) is 3.79. The molecule has 0 fully saturated rings. The molecule has 1 heteroatoms. The van der Waals surface area contributed by atoms with Gasteiger partial charge >= 0.3 is 0 Å². The molecule has 0 atom stereocenters. The molecule has 0 amide bonds. The maximum absolute atomic E-state index is 5.37. The Hall–Kier alpha value is -0.720. The van der Waals surface area contributed by atoms with Crippen molar-refractivity contribution in [1.29, 1.82) is 0 Å². The Labute approximate surface area is 75.1 Å². The van der Waals surface area contributed by atoms with Gasteiger partial charge in [-0.3, -0.25) is 0 Å². The van der Waals surface area contributed by atoms with Crippen LogP contribution in [0.1, 0.15) is 33.6 Å². The first-order chi connectivity index (χ1) is 5.65. The summed E-state index contributed by atoms with van der Waals surface area (Å²) in [7, 11) is 1.77.